The maximum atomic E-state index is 14.6. The van der Waals surface area contributed by atoms with Gasteiger partial charge in [-0.3, -0.25) is 19.2 Å². The van der Waals surface area contributed by atoms with E-state index in [1.807, 2.05) is 42.7 Å². The number of ketones is 1. The van der Waals surface area contributed by atoms with Crippen molar-refractivity contribution in [1.29, 1.82) is 0 Å². The number of para-hydroxylation sites is 1. The molecule has 2 aromatic carbocycles. The molecule has 1 unspecified atom stereocenters. The predicted octanol–water partition coefficient (Wildman–Crippen LogP) is 5.70. The minimum atomic E-state index is -1.88. The van der Waals surface area contributed by atoms with Crippen molar-refractivity contribution in [1.82, 2.24) is 14.8 Å². The number of benzene rings is 2. The molecule has 4 rings (SSSR count). The van der Waals surface area contributed by atoms with E-state index in [4.69, 9.17) is 4.74 Å². The molecule has 1 aliphatic carbocycles. The Morgan fingerprint density at radius 2 is 1.62 bits per heavy atom. The number of ether oxygens (including phenoxy) is 1. The van der Waals surface area contributed by atoms with E-state index in [1.54, 1.807) is 7.05 Å². The Labute approximate surface area is 269 Å². The van der Waals surface area contributed by atoms with Crippen LogP contribution < -0.4 is 10.1 Å². The molecular formula is C34H39F4N3O6. The summed E-state index contributed by atoms with van der Waals surface area (Å²) in [7, 11) is 1.79. The first-order valence-electron chi connectivity index (χ1n) is 15.6. The van der Waals surface area contributed by atoms with Crippen LogP contribution in [-0.4, -0.2) is 62.9 Å². The number of hydrogen-bond acceptors (Lipinski definition) is 5. The van der Waals surface area contributed by atoms with Gasteiger partial charge in [-0.2, -0.15) is 8.78 Å². The third-order valence-corrected chi connectivity index (χ3v) is 8.54. The Hall–Kier alpha value is -4.42. The number of aromatic nitrogens is 1. The van der Waals surface area contributed by atoms with E-state index in [1.165, 1.54) is 11.8 Å². The molecule has 1 aliphatic rings. The van der Waals surface area contributed by atoms with Crippen LogP contribution >= 0.6 is 0 Å². The van der Waals surface area contributed by atoms with Crippen LogP contribution in [0.5, 0.6) is 5.75 Å². The van der Waals surface area contributed by atoms with Gasteiger partial charge in [0, 0.05) is 30.1 Å². The van der Waals surface area contributed by atoms with Gasteiger partial charge >= 0.3 is 5.97 Å². The number of amides is 2. The maximum Gasteiger partial charge on any atom is 0.305 e. The predicted molar refractivity (Wildman–Crippen MR) is 165 cm³/mol. The molecule has 0 radical (unpaired) electrons. The van der Waals surface area contributed by atoms with Gasteiger partial charge in [-0.25, -0.2) is 8.78 Å². The molecule has 9 nitrogen and oxygen atoms in total. The van der Waals surface area contributed by atoms with Crippen LogP contribution in [0.25, 0.3) is 10.9 Å². The highest BCUT2D eigenvalue weighted by molar-refractivity contribution is 6.04. The third kappa shape index (κ3) is 7.77. The van der Waals surface area contributed by atoms with Crippen LogP contribution in [-0.2, 0) is 27.9 Å². The quantitative estimate of drug-likeness (QED) is 0.179. The van der Waals surface area contributed by atoms with Gasteiger partial charge in [-0.1, -0.05) is 51.3 Å². The van der Waals surface area contributed by atoms with E-state index in [0.29, 0.717) is 25.0 Å². The maximum absolute atomic E-state index is 14.6. The first-order valence-corrected chi connectivity index (χ1v) is 15.6. The highest BCUT2D eigenvalue weighted by Gasteiger charge is 2.38. The average molecular weight is 662 g/mol. The fourth-order valence-electron chi connectivity index (χ4n) is 6.26. The van der Waals surface area contributed by atoms with Crippen LogP contribution in [0.15, 0.2) is 30.3 Å². The molecule has 3 aromatic rings. The minimum absolute atomic E-state index is 0.0303. The average Bonchev–Trinajstić information content (AvgIpc) is 3.30. The SMILES string of the molecule is CC(C)Cc1c(C(=O)N(C2CCCCC2)[C@@H](C)C(=O)NC(CC(=O)O)C(=O)COc2c(F)c(F)cc(F)c2F)n(C)c2ccccc12. The molecule has 1 fully saturated rings. The van der Waals surface area contributed by atoms with Crippen LogP contribution in [0.3, 0.4) is 0 Å². The second-order valence-electron chi connectivity index (χ2n) is 12.4. The second-order valence-corrected chi connectivity index (χ2v) is 12.4. The molecule has 0 aliphatic heterocycles. The summed E-state index contributed by atoms with van der Waals surface area (Å²) < 4.78 is 61.9. The van der Waals surface area contributed by atoms with Crippen LogP contribution in [0.1, 0.15) is 75.3 Å². The van der Waals surface area contributed by atoms with Crippen molar-refractivity contribution in [3.05, 3.63) is 64.9 Å². The lowest BCUT2D eigenvalue weighted by atomic mass is 9.92. The van der Waals surface area contributed by atoms with E-state index in [9.17, 15) is 41.8 Å². The summed E-state index contributed by atoms with van der Waals surface area (Å²) in [4.78, 5) is 54.4. The minimum Gasteiger partial charge on any atom is -0.481 e. The number of Topliss-reactive ketones (excluding diaryl/α,β-unsaturated/α-hetero) is 1. The fourth-order valence-corrected chi connectivity index (χ4v) is 6.26. The van der Waals surface area contributed by atoms with Gasteiger partial charge in [0.25, 0.3) is 5.91 Å². The van der Waals surface area contributed by atoms with Crippen molar-refractivity contribution in [2.75, 3.05) is 6.61 Å². The van der Waals surface area contributed by atoms with Crippen molar-refractivity contribution < 1.29 is 46.6 Å². The summed E-state index contributed by atoms with van der Waals surface area (Å²) in [6.45, 7) is 4.37. The summed E-state index contributed by atoms with van der Waals surface area (Å²) in [5.41, 5.74) is 2.13. The molecule has 1 aromatic heterocycles. The number of carboxylic acids is 1. The normalized spacial score (nSPS) is 15.0. The van der Waals surface area contributed by atoms with Crippen LogP contribution in [0.4, 0.5) is 17.6 Å². The lowest BCUT2D eigenvalue weighted by molar-refractivity contribution is -0.141. The van der Waals surface area contributed by atoms with E-state index in [-0.39, 0.29) is 23.9 Å². The lowest BCUT2D eigenvalue weighted by Crippen LogP contribution is -2.56. The number of halogens is 4. The standard InChI is InChI=1S/C34H39F4N3O6/c1-18(2)14-22-21-12-8-9-13-26(21)40(4)31(22)34(46)41(20-10-6-5-7-11-20)19(3)33(45)39-25(16-28(43)44)27(42)17-47-32-29(37)23(35)15-24(36)30(32)38/h8-9,12-13,15,18-20,25H,5-7,10-11,14,16-17H2,1-4H3,(H,39,45)(H,43,44)/t19-,25?/m0/s1. The van der Waals surface area contributed by atoms with Crippen molar-refractivity contribution >= 4 is 34.5 Å². The Morgan fingerprint density at radius 3 is 2.21 bits per heavy atom. The summed E-state index contributed by atoms with van der Waals surface area (Å²) in [6, 6.07) is 4.39. The summed E-state index contributed by atoms with van der Waals surface area (Å²) in [6.07, 6.45) is 3.59. The van der Waals surface area contributed by atoms with Gasteiger partial charge in [0.2, 0.25) is 17.5 Å². The second kappa shape index (κ2) is 15.0. The molecular weight excluding hydrogens is 622 g/mol. The number of carbonyl (C=O) groups excluding carboxylic acids is 3. The van der Waals surface area contributed by atoms with Gasteiger partial charge in [0.15, 0.2) is 23.2 Å². The van der Waals surface area contributed by atoms with Crippen molar-refractivity contribution in [2.45, 2.75) is 83.8 Å². The van der Waals surface area contributed by atoms with Gasteiger partial charge in [-0.15, -0.1) is 0 Å². The topological polar surface area (TPSA) is 118 Å². The molecule has 2 N–H and O–H groups in total. The molecule has 2 amide bonds. The lowest BCUT2D eigenvalue weighted by Gasteiger charge is -2.38. The molecule has 13 heteroatoms. The van der Waals surface area contributed by atoms with E-state index in [0.717, 1.165) is 35.7 Å². The molecule has 0 bridgehead atoms. The summed E-state index contributed by atoms with van der Waals surface area (Å²) in [5.74, 6) is -12.4. The van der Waals surface area contributed by atoms with Crippen LogP contribution in [0.2, 0.25) is 0 Å². The highest BCUT2D eigenvalue weighted by Crippen LogP contribution is 2.32. The number of nitrogens with zero attached hydrogens (tertiary/aromatic N) is 2. The number of nitrogens with one attached hydrogen (secondary N) is 1. The molecule has 254 valence electrons. The van der Waals surface area contributed by atoms with Gasteiger partial charge in [0.05, 0.1) is 6.42 Å². The number of hydrogen-bond donors (Lipinski definition) is 2. The van der Waals surface area contributed by atoms with Crippen LogP contribution in [0, 0.1) is 29.2 Å². The number of rotatable bonds is 13. The Bertz CT molecular complexity index is 1640. The Balaban J connectivity index is 1.64. The van der Waals surface area contributed by atoms with Gasteiger partial charge in [-0.05, 0) is 43.7 Å². The largest absolute Gasteiger partial charge is 0.481 e. The third-order valence-electron chi connectivity index (χ3n) is 8.54. The fraction of sp³-hybridized carbons (Fsp3) is 0.471. The number of fused-ring (bicyclic) bond motifs is 1. The summed E-state index contributed by atoms with van der Waals surface area (Å²) >= 11 is 0. The number of aryl methyl sites for hydroxylation is 1. The first kappa shape index (κ1) is 35.4. The van der Waals surface area contributed by atoms with Gasteiger partial charge in [0.1, 0.15) is 24.4 Å². The Morgan fingerprint density at radius 1 is 1.00 bits per heavy atom. The monoisotopic (exact) mass is 661 g/mol. The highest BCUT2D eigenvalue weighted by atomic mass is 19.2. The van der Waals surface area contributed by atoms with E-state index < -0.39 is 71.8 Å². The molecule has 2 atom stereocenters. The van der Waals surface area contributed by atoms with E-state index >= 15 is 0 Å². The number of carbonyl (C=O) groups is 4. The van der Waals surface area contributed by atoms with Crippen molar-refractivity contribution in [2.24, 2.45) is 13.0 Å². The summed E-state index contributed by atoms with van der Waals surface area (Å²) in [5, 5.41) is 12.7. The Kier molecular flexibility index (Phi) is 11.3. The number of aliphatic carboxylic acids is 1. The molecule has 0 spiro atoms. The van der Waals surface area contributed by atoms with Gasteiger partial charge < -0.3 is 24.6 Å². The zero-order chi connectivity index (χ0) is 34.6. The molecule has 0 saturated heterocycles. The molecule has 1 saturated carbocycles. The van der Waals surface area contributed by atoms with Crippen molar-refractivity contribution in [3.63, 3.8) is 0 Å². The first-order chi connectivity index (χ1) is 22.2. The molecule has 47 heavy (non-hydrogen) atoms. The molecule has 1 heterocycles. The zero-order valence-electron chi connectivity index (χ0n) is 26.7. The number of carboxylic acid groups (broad SMARTS) is 1. The smallest absolute Gasteiger partial charge is 0.305 e. The zero-order valence-corrected chi connectivity index (χ0v) is 26.7. The van der Waals surface area contributed by atoms with Crippen molar-refractivity contribution in [3.8, 4) is 5.75 Å². The van der Waals surface area contributed by atoms with E-state index in [2.05, 4.69) is 5.32 Å².